The van der Waals surface area contributed by atoms with Gasteiger partial charge in [0.05, 0.1) is 0 Å². The van der Waals surface area contributed by atoms with E-state index in [0.717, 1.165) is 18.0 Å². The molecule has 27 heavy (non-hydrogen) atoms. The monoisotopic (exact) mass is 370 g/mol. The zero-order chi connectivity index (χ0) is 19.0. The van der Waals surface area contributed by atoms with Gasteiger partial charge in [0.15, 0.2) is 17.4 Å². The largest absolute Gasteiger partial charge is 0.433 e. The number of hydrogen-bond donors (Lipinski definition) is 1. The summed E-state index contributed by atoms with van der Waals surface area (Å²) in [5.41, 5.74) is 1.21. The van der Waals surface area contributed by atoms with Crippen LogP contribution in [0.1, 0.15) is 18.1 Å². The van der Waals surface area contributed by atoms with Crippen LogP contribution in [0, 0.1) is 17.5 Å². The number of nitrogens with one attached hydrogen (secondary N) is 1. The molecule has 4 rings (SSSR count). The van der Waals surface area contributed by atoms with E-state index in [1.807, 2.05) is 0 Å². The van der Waals surface area contributed by atoms with Gasteiger partial charge in [0.2, 0.25) is 5.82 Å². The first-order valence-corrected chi connectivity index (χ1v) is 8.07. The third-order valence-corrected chi connectivity index (χ3v) is 4.05. The van der Waals surface area contributed by atoms with Crippen molar-refractivity contribution in [3.05, 3.63) is 70.9 Å². The van der Waals surface area contributed by atoms with E-state index in [1.54, 1.807) is 31.2 Å². The molecule has 5 nitrogen and oxygen atoms in total. The summed E-state index contributed by atoms with van der Waals surface area (Å²) in [6, 6.07) is 5.93. The van der Waals surface area contributed by atoms with Crippen LogP contribution in [-0.4, -0.2) is 15.0 Å². The van der Waals surface area contributed by atoms with Crippen molar-refractivity contribution in [1.29, 1.82) is 0 Å². The molecular formula is C19H13F3N4O. The quantitative estimate of drug-likeness (QED) is 0.716. The van der Waals surface area contributed by atoms with Gasteiger partial charge in [0.1, 0.15) is 18.0 Å². The van der Waals surface area contributed by atoms with Crippen molar-refractivity contribution in [1.82, 2.24) is 15.0 Å². The van der Waals surface area contributed by atoms with E-state index in [-0.39, 0.29) is 16.9 Å². The summed E-state index contributed by atoms with van der Waals surface area (Å²) in [7, 11) is 0. The van der Waals surface area contributed by atoms with Crippen molar-refractivity contribution < 1.29 is 17.9 Å². The lowest BCUT2D eigenvalue weighted by Crippen LogP contribution is -2.04. The predicted octanol–water partition coefficient (Wildman–Crippen LogP) is 4.78. The summed E-state index contributed by atoms with van der Waals surface area (Å²) in [5, 5.41) is 2.68. The molecule has 2 heterocycles. The third kappa shape index (κ3) is 3.21. The molecule has 0 unspecified atom stereocenters. The van der Waals surface area contributed by atoms with Gasteiger partial charge in [-0.25, -0.2) is 18.7 Å². The molecule has 2 aromatic heterocycles. The Balaban J connectivity index is 1.67. The maximum atomic E-state index is 14.7. The number of pyridine rings is 1. The fourth-order valence-electron chi connectivity index (χ4n) is 2.81. The number of halogens is 3. The van der Waals surface area contributed by atoms with Crippen LogP contribution in [-0.2, 0) is 6.42 Å². The van der Waals surface area contributed by atoms with Crippen molar-refractivity contribution in [2.24, 2.45) is 0 Å². The molecule has 0 fully saturated rings. The number of fused-ring (bicyclic) bond motifs is 1. The molecule has 0 bridgehead atoms. The van der Waals surface area contributed by atoms with Crippen molar-refractivity contribution in [2.45, 2.75) is 13.3 Å². The molecule has 8 heteroatoms. The maximum Gasteiger partial charge on any atom is 0.261 e. The number of anilines is 2. The van der Waals surface area contributed by atoms with Gasteiger partial charge in [0, 0.05) is 23.4 Å². The molecule has 1 aliphatic carbocycles. The average molecular weight is 370 g/mol. The van der Waals surface area contributed by atoms with E-state index in [1.165, 1.54) is 6.20 Å². The molecule has 0 saturated carbocycles. The number of allylic oxidation sites excluding steroid dienone is 1. The van der Waals surface area contributed by atoms with E-state index in [2.05, 4.69) is 20.3 Å². The Morgan fingerprint density at radius 2 is 1.93 bits per heavy atom. The van der Waals surface area contributed by atoms with Gasteiger partial charge in [-0.2, -0.15) is 9.37 Å². The Morgan fingerprint density at radius 3 is 2.70 bits per heavy atom. The summed E-state index contributed by atoms with van der Waals surface area (Å²) < 4.78 is 48.8. The van der Waals surface area contributed by atoms with Crippen LogP contribution < -0.4 is 10.1 Å². The second-order valence-electron chi connectivity index (χ2n) is 6.01. The van der Waals surface area contributed by atoms with Gasteiger partial charge >= 0.3 is 0 Å². The van der Waals surface area contributed by atoms with Crippen molar-refractivity contribution in [2.75, 3.05) is 5.32 Å². The van der Waals surface area contributed by atoms with E-state index < -0.39 is 29.1 Å². The van der Waals surface area contributed by atoms with Crippen molar-refractivity contribution in [3.8, 4) is 11.6 Å². The summed E-state index contributed by atoms with van der Waals surface area (Å²) in [4.78, 5) is 11.5. The fraction of sp³-hybridized carbons (Fsp3) is 0.105. The lowest BCUT2D eigenvalue weighted by atomic mass is 10.1. The number of rotatable bonds is 4. The SMILES string of the molecule is CC1=Cc2c(F)c(Oc3ncnc(Nc4ccccn4)c3F)cc(F)c2C1. The van der Waals surface area contributed by atoms with Crippen LogP contribution in [0.2, 0.25) is 0 Å². The lowest BCUT2D eigenvalue weighted by Gasteiger charge is -2.12. The first-order chi connectivity index (χ1) is 13.0. The molecule has 136 valence electrons. The van der Waals surface area contributed by atoms with Crippen molar-refractivity contribution in [3.63, 3.8) is 0 Å². The topological polar surface area (TPSA) is 59.9 Å². The zero-order valence-corrected chi connectivity index (χ0v) is 14.1. The normalized spacial score (nSPS) is 12.5. The minimum atomic E-state index is -0.949. The van der Waals surface area contributed by atoms with E-state index >= 15 is 0 Å². The van der Waals surface area contributed by atoms with Gasteiger partial charge < -0.3 is 10.1 Å². The van der Waals surface area contributed by atoms with Gasteiger partial charge in [-0.05, 0) is 25.5 Å². The Morgan fingerprint density at radius 1 is 1.07 bits per heavy atom. The molecule has 1 aliphatic rings. The molecule has 0 atom stereocenters. The molecule has 0 spiro atoms. The van der Waals surface area contributed by atoms with Gasteiger partial charge in [0.25, 0.3) is 5.88 Å². The smallest absolute Gasteiger partial charge is 0.261 e. The molecule has 3 aromatic rings. The Bertz CT molecular complexity index is 1050. The third-order valence-electron chi connectivity index (χ3n) is 4.05. The van der Waals surface area contributed by atoms with Crippen LogP contribution in [0.25, 0.3) is 6.08 Å². The Kier molecular flexibility index (Phi) is 4.23. The van der Waals surface area contributed by atoms with Crippen LogP contribution >= 0.6 is 0 Å². The minimum absolute atomic E-state index is 0.115. The van der Waals surface area contributed by atoms with Gasteiger partial charge in [-0.15, -0.1) is 0 Å². The lowest BCUT2D eigenvalue weighted by molar-refractivity contribution is 0.393. The maximum absolute atomic E-state index is 14.7. The number of ether oxygens (including phenoxy) is 1. The number of benzene rings is 1. The number of hydrogen-bond acceptors (Lipinski definition) is 5. The van der Waals surface area contributed by atoms with Crippen LogP contribution in [0.5, 0.6) is 11.6 Å². The van der Waals surface area contributed by atoms with Crippen LogP contribution in [0.4, 0.5) is 24.8 Å². The van der Waals surface area contributed by atoms with Gasteiger partial charge in [-0.1, -0.05) is 17.7 Å². The van der Waals surface area contributed by atoms with E-state index in [0.29, 0.717) is 12.2 Å². The number of aromatic nitrogens is 3. The number of nitrogens with zero attached hydrogens (tertiary/aromatic N) is 3. The Labute approximate surface area is 152 Å². The highest BCUT2D eigenvalue weighted by Crippen LogP contribution is 2.36. The van der Waals surface area contributed by atoms with Gasteiger partial charge in [-0.3, -0.25) is 0 Å². The highest BCUT2D eigenvalue weighted by atomic mass is 19.1. The second kappa shape index (κ2) is 6.71. The molecule has 0 saturated heterocycles. The molecule has 0 aliphatic heterocycles. The minimum Gasteiger partial charge on any atom is -0.433 e. The van der Waals surface area contributed by atoms with E-state index in [4.69, 9.17) is 4.74 Å². The molecule has 1 N–H and O–H groups in total. The van der Waals surface area contributed by atoms with Crippen LogP contribution in [0.3, 0.4) is 0 Å². The summed E-state index contributed by atoms with van der Waals surface area (Å²) >= 11 is 0. The molecule has 0 radical (unpaired) electrons. The summed E-state index contributed by atoms with van der Waals surface area (Å²) in [6.07, 6.45) is 4.45. The van der Waals surface area contributed by atoms with Crippen molar-refractivity contribution >= 4 is 17.7 Å². The highest BCUT2D eigenvalue weighted by molar-refractivity contribution is 5.66. The van der Waals surface area contributed by atoms with Crippen LogP contribution in [0.15, 0.2) is 42.4 Å². The predicted molar refractivity (Wildman–Crippen MR) is 93.3 cm³/mol. The highest BCUT2D eigenvalue weighted by Gasteiger charge is 2.24. The first-order valence-electron chi connectivity index (χ1n) is 8.07. The summed E-state index contributed by atoms with van der Waals surface area (Å²) in [6.45, 7) is 1.78. The summed E-state index contributed by atoms with van der Waals surface area (Å²) in [5.74, 6) is -3.14. The zero-order valence-electron chi connectivity index (χ0n) is 14.1. The standard InChI is InChI=1S/C19H13F3N4O/c1-10-6-11-12(7-10)16(21)14(8-13(11)20)27-19-17(22)18(24-9-25-19)26-15-4-2-3-5-23-15/h2-5,7-9H,6H2,1H3,(H,23,24,25,26). The fourth-order valence-corrected chi connectivity index (χ4v) is 2.81. The Hall–Kier alpha value is -3.42. The average Bonchev–Trinajstić information content (AvgIpc) is 3.06. The second-order valence-corrected chi connectivity index (χ2v) is 6.01. The molecular weight excluding hydrogens is 357 g/mol. The molecule has 1 aromatic carbocycles. The molecule has 0 amide bonds. The van der Waals surface area contributed by atoms with E-state index in [9.17, 15) is 13.2 Å². The first kappa shape index (κ1) is 17.0.